The van der Waals surface area contributed by atoms with Crippen molar-refractivity contribution in [2.45, 2.75) is 40.8 Å². The summed E-state index contributed by atoms with van der Waals surface area (Å²) < 4.78 is 82.8. The van der Waals surface area contributed by atoms with Crippen molar-refractivity contribution in [3.63, 3.8) is 0 Å². The zero-order chi connectivity index (χ0) is 34.1. The minimum absolute atomic E-state index is 0.0217. The van der Waals surface area contributed by atoms with E-state index in [4.69, 9.17) is 16.8 Å². The highest BCUT2D eigenvalue weighted by Gasteiger charge is 2.17. The summed E-state index contributed by atoms with van der Waals surface area (Å²) >= 11 is 0. The average Bonchev–Trinajstić information content (AvgIpc) is 3.37. The maximum atomic E-state index is 8.99. The molecule has 0 spiro atoms. The molecule has 0 bridgehead atoms. The van der Waals surface area contributed by atoms with Crippen molar-refractivity contribution in [2.24, 2.45) is 5.41 Å². The van der Waals surface area contributed by atoms with Crippen LogP contribution in [0.15, 0.2) is 102 Å². The molecule has 38 heavy (non-hydrogen) atoms. The van der Waals surface area contributed by atoms with E-state index in [1.54, 1.807) is 26.8 Å². The predicted molar refractivity (Wildman–Crippen MR) is 160 cm³/mol. The van der Waals surface area contributed by atoms with Gasteiger partial charge in [0.05, 0.1) is 7.06 Å². The van der Waals surface area contributed by atoms with E-state index >= 15 is 0 Å². The minimum Gasteiger partial charge on any atom is -0.455 e. The molecule has 0 amide bonds. The Hall–Kier alpha value is -4.17. The van der Waals surface area contributed by atoms with Gasteiger partial charge in [-0.3, -0.25) is 4.98 Å². The molecule has 0 radical (unpaired) electrons. The molecule has 0 atom stereocenters. The number of benzene rings is 4. The van der Waals surface area contributed by atoms with Crippen LogP contribution in [0.2, 0.25) is 0 Å². The monoisotopic (exact) mass is 504 g/mol. The predicted octanol–water partition coefficient (Wildman–Crippen LogP) is 10.2. The molecule has 2 aromatic heterocycles. The van der Waals surface area contributed by atoms with Crippen molar-refractivity contribution < 1.29 is 16.8 Å². The lowest BCUT2D eigenvalue weighted by atomic mass is 9.86. The summed E-state index contributed by atoms with van der Waals surface area (Å²) in [6.45, 7) is -0.370. The maximum Gasteiger partial charge on any atom is 0.144 e. The third-order valence-corrected chi connectivity index (χ3v) is 6.52. The Kier molecular flexibility index (Phi) is 3.90. The summed E-state index contributed by atoms with van der Waals surface area (Å²) in [6, 6.07) is 25.3. The summed E-state index contributed by atoms with van der Waals surface area (Å²) in [5.74, 6) is 0. The zero-order valence-corrected chi connectivity index (χ0v) is 21.5. The first kappa shape index (κ1) is 15.9. The molecule has 0 unspecified atom stereocenters. The van der Waals surface area contributed by atoms with Crippen molar-refractivity contribution in [2.75, 3.05) is 0 Å². The largest absolute Gasteiger partial charge is 0.455 e. The highest BCUT2D eigenvalue weighted by atomic mass is 16.3. The van der Waals surface area contributed by atoms with E-state index in [2.05, 4.69) is 4.98 Å². The first-order chi connectivity index (χ1) is 21.9. The molecule has 0 aliphatic heterocycles. The van der Waals surface area contributed by atoms with E-state index in [-0.39, 0.29) is 33.9 Å². The molecule has 0 fully saturated rings. The summed E-state index contributed by atoms with van der Waals surface area (Å²) in [5, 5.41) is 1.72. The van der Waals surface area contributed by atoms with Gasteiger partial charge in [-0.15, -0.1) is 0 Å². The van der Waals surface area contributed by atoms with Crippen molar-refractivity contribution in [3.05, 3.63) is 114 Å². The van der Waals surface area contributed by atoms with E-state index in [0.717, 1.165) is 21.9 Å². The van der Waals surface area contributed by atoms with Gasteiger partial charge in [0.15, 0.2) is 0 Å². The number of pyridine rings is 1. The molecule has 6 aromatic rings. The number of aryl methyl sites for hydroxylation is 2. The van der Waals surface area contributed by atoms with Gasteiger partial charge in [-0.25, -0.2) is 0 Å². The molecule has 0 N–H and O–H groups in total. The van der Waals surface area contributed by atoms with Gasteiger partial charge in [0.1, 0.15) is 11.2 Å². The molecule has 0 saturated heterocycles. The first-order valence-electron chi connectivity index (χ1n) is 17.1. The molecule has 4 aromatic carbocycles. The minimum atomic E-state index is -2.78. The zero-order valence-electron chi connectivity index (χ0n) is 30.5. The van der Waals surface area contributed by atoms with Gasteiger partial charge in [-0.2, -0.15) is 0 Å². The van der Waals surface area contributed by atoms with Crippen molar-refractivity contribution in [3.8, 4) is 33.5 Å². The van der Waals surface area contributed by atoms with Gasteiger partial charge >= 0.3 is 0 Å². The van der Waals surface area contributed by atoms with Crippen LogP contribution in [0.3, 0.4) is 0 Å². The number of furan rings is 1. The van der Waals surface area contributed by atoms with Gasteiger partial charge in [0.25, 0.3) is 0 Å². The quantitative estimate of drug-likeness (QED) is 0.239. The summed E-state index contributed by atoms with van der Waals surface area (Å²) in [6.07, 6.45) is -0.771. The van der Waals surface area contributed by atoms with Crippen LogP contribution in [0.4, 0.5) is 0 Å². The number of nitrogens with zero attached hydrogens (tertiary/aromatic N) is 1. The summed E-state index contributed by atoms with van der Waals surface area (Å²) in [7, 11) is 0. The van der Waals surface area contributed by atoms with E-state index < -0.39 is 25.5 Å². The lowest BCUT2D eigenvalue weighted by molar-refractivity contribution is 0.411. The topological polar surface area (TPSA) is 26.0 Å². The molecule has 2 nitrogen and oxygen atoms in total. The Bertz CT molecular complexity index is 2140. The number of hydrogen-bond donors (Lipinski definition) is 0. The third kappa shape index (κ3) is 4.52. The van der Waals surface area contributed by atoms with Crippen LogP contribution in [0, 0.1) is 19.1 Å². The Morgan fingerprint density at radius 2 is 1.63 bits per heavy atom. The van der Waals surface area contributed by atoms with Crippen LogP contribution < -0.4 is 0 Å². The lowest BCUT2D eigenvalue weighted by Gasteiger charge is -2.19. The Labute approximate surface area is 237 Å². The molecular weight excluding hydrogens is 462 g/mol. The third-order valence-electron chi connectivity index (χ3n) is 6.52. The van der Waals surface area contributed by atoms with Gasteiger partial charge in [-0.05, 0) is 88.7 Å². The number of para-hydroxylation sites is 1. The second-order valence-corrected chi connectivity index (χ2v) is 10.5. The van der Waals surface area contributed by atoms with Crippen LogP contribution in [0.1, 0.15) is 49.8 Å². The molecular formula is C36H33NO. The smallest absolute Gasteiger partial charge is 0.144 e. The van der Waals surface area contributed by atoms with Gasteiger partial charge in [-0.1, -0.05) is 87.5 Å². The van der Waals surface area contributed by atoms with Crippen LogP contribution in [0.25, 0.3) is 55.4 Å². The number of rotatable bonds is 4. The first-order valence-corrected chi connectivity index (χ1v) is 12.6. The van der Waals surface area contributed by atoms with Crippen molar-refractivity contribution in [1.29, 1.82) is 0 Å². The number of aromatic nitrogens is 1. The fourth-order valence-electron chi connectivity index (χ4n) is 4.84. The molecule has 188 valence electrons. The maximum absolute atomic E-state index is 8.99. The lowest BCUT2D eigenvalue weighted by Crippen LogP contribution is -2.09. The van der Waals surface area contributed by atoms with E-state index in [1.807, 2.05) is 60.7 Å². The number of hydrogen-bond acceptors (Lipinski definition) is 2. The molecule has 2 heterocycles. The number of fused-ring (bicyclic) bond motifs is 3. The fourth-order valence-corrected chi connectivity index (χ4v) is 4.84. The van der Waals surface area contributed by atoms with Crippen LogP contribution in [0.5, 0.6) is 0 Å². The van der Waals surface area contributed by atoms with Crippen molar-refractivity contribution in [1.82, 2.24) is 4.98 Å². The molecule has 0 saturated carbocycles. The van der Waals surface area contributed by atoms with Crippen molar-refractivity contribution >= 4 is 21.9 Å². The fraction of sp³-hybridized carbons (Fsp3) is 0.194. The Morgan fingerprint density at radius 3 is 2.42 bits per heavy atom. The van der Waals surface area contributed by atoms with E-state index in [1.165, 1.54) is 24.4 Å². The molecule has 0 aliphatic rings. The highest BCUT2D eigenvalue weighted by molar-refractivity contribution is 6.10. The highest BCUT2D eigenvalue weighted by Crippen LogP contribution is 2.38. The molecule has 0 aliphatic carbocycles. The summed E-state index contributed by atoms with van der Waals surface area (Å²) in [5.41, 5.74) is 2.67. The van der Waals surface area contributed by atoms with Gasteiger partial charge < -0.3 is 4.42 Å². The second-order valence-electron chi connectivity index (χ2n) is 10.5. The normalized spacial score (nSPS) is 16.4. The standard InChI is InChI=1S/C36H33NO/c1-23-18-25(21-36(3,4)5)14-16-28(23)32-20-33(37-22-24(32)2)31-13-9-12-30-29-17-15-27(19-34(29)38-35(30)31)26-10-7-6-8-11-26/h6-20,22H,21H2,1-5H3/i1D3,2D3,16D,21D2. The Morgan fingerprint density at radius 1 is 0.789 bits per heavy atom. The van der Waals surface area contributed by atoms with Gasteiger partial charge in [0, 0.05) is 33.5 Å². The molecule has 6 rings (SSSR count). The second kappa shape index (κ2) is 9.29. The average molecular weight is 505 g/mol. The summed E-state index contributed by atoms with van der Waals surface area (Å²) in [4.78, 5) is 4.52. The van der Waals surface area contributed by atoms with E-state index in [0.29, 0.717) is 22.4 Å². The SMILES string of the molecule is [2H]c1cc(C([2H])([2H])C(C)(C)C)cc(C([2H])([2H])[2H])c1-c1cc(-c2cccc3c2oc2cc(-c4ccccc4)ccc23)ncc1C([2H])([2H])[2H]. The van der Waals surface area contributed by atoms with Crippen LogP contribution in [-0.4, -0.2) is 4.98 Å². The van der Waals surface area contributed by atoms with Crippen LogP contribution >= 0.6 is 0 Å². The Balaban J connectivity index is 1.59. The van der Waals surface area contributed by atoms with E-state index in [9.17, 15) is 0 Å². The molecule has 2 heteroatoms. The van der Waals surface area contributed by atoms with Crippen LogP contribution in [-0.2, 0) is 6.37 Å². The van der Waals surface area contributed by atoms with Gasteiger partial charge in [0.2, 0.25) is 0 Å².